The first-order valence-corrected chi connectivity index (χ1v) is 6.20. The second-order valence-electron chi connectivity index (χ2n) is 4.82. The number of rotatable bonds is 2. The van der Waals surface area contributed by atoms with Gasteiger partial charge in [0, 0.05) is 32.2 Å². The van der Waals surface area contributed by atoms with Gasteiger partial charge in [-0.2, -0.15) is 0 Å². The summed E-state index contributed by atoms with van der Waals surface area (Å²) in [4.78, 5) is 2.57. The highest BCUT2D eigenvalue weighted by Gasteiger charge is 2.18. The SMILES string of the molecule is Cc1ccc(C)c([C@H](C)N2CCNCC2)c1.Cl.Cl. The Hall–Kier alpha value is -0.280. The van der Waals surface area contributed by atoms with Gasteiger partial charge in [-0.1, -0.05) is 23.8 Å². The standard InChI is InChI=1S/C14H22N2.2ClH/c1-11-4-5-12(2)14(10-11)13(3)16-8-6-15-7-9-16;;/h4-5,10,13,15H,6-9H2,1-3H3;2*1H/t13-;;/m0../s1. The predicted octanol–water partition coefficient (Wildman–Crippen LogP) is 3.11. The molecule has 1 aliphatic rings. The zero-order chi connectivity index (χ0) is 11.5. The Labute approximate surface area is 123 Å². The summed E-state index contributed by atoms with van der Waals surface area (Å²) in [6.45, 7) is 11.3. The van der Waals surface area contributed by atoms with Gasteiger partial charge in [-0.05, 0) is 31.9 Å². The third kappa shape index (κ3) is 4.13. The van der Waals surface area contributed by atoms with E-state index in [2.05, 4.69) is 49.2 Å². The summed E-state index contributed by atoms with van der Waals surface area (Å²) in [6, 6.07) is 7.32. The molecule has 4 heteroatoms. The molecule has 104 valence electrons. The van der Waals surface area contributed by atoms with Crippen LogP contribution in [-0.4, -0.2) is 31.1 Å². The Bertz CT molecular complexity index is 363. The van der Waals surface area contributed by atoms with Crippen LogP contribution in [0.1, 0.15) is 29.7 Å². The molecular formula is C14H24Cl2N2. The van der Waals surface area contributed by atoms with Crippen LogP contribution in [0.5, 0.6) is 0 Å². The summed E-state index contributed by atoms with van der Waals surface area (Å²) in [5, 5.41) is 3.41. The first kappa shape index (κ1) is 17.7. The fourth-order valence-corrected chi connectivity index (χ4v) is 2.48. The number of aryl methyl sites for hydroxylation is 2. The van der Waals surface area contributed by atoms with E-state index < -0.39 is 0 Å². The molecular weight excluding hydrogens is 267 g/mol. The molecule has 1 fully saturated rings. The maximum absolute atomic E-state index is 3.41. The van der Waals surface area contributed by atoms with E-state index in [1.807, 2.05) is 0 Å². The minimum Gasteiger partial charge on any atom is -0.314 e. The van der Waals surface area contributed by atoms with Crippen LogP contribution < -0.4 is 5.32 Å². The number of benzene rings is 1. The third-order valence-electron chi connectivity index (χ3n) is 3.58. The molecule has 0 amide bonds. The second-order valence-corrected chi connectivity index (χ2v) is 4.82. The third-order valence-corrected chi connectivity index (χ3v) is 3.58. The fourth-order valence-electron chi connectivity index (χ4n) is 2.48. The van der Waals surface area contributed by atoms with Crippen molar-refractivity contribution in [2.24, 2.45) is 0 Å². The number of hydrogen-bond acceptors (Lipinski definition) is 2. The van der Waals surface area contributed by atoms with Crippen LogP contribution in [0.15, 0.2) is 18.2 Å². The van der Waals surface area contributed by atoms with Crippen molar-refractivity contribution in [3.63, 3.8) is 0 Å². The van der Waals surface area contributed by atoms with Crippen molar-refractivity contribution in [3.05, 3.63) is 34.9 Å². The lowest BCUT2D eigenvalue weighted by Crippen LogP contribution is -2.44. The molecule has 0 unspecified atom stereocenters. The zero-order valence-corrected chi connectivity index (χ0v) is 13.0. The van der Waals surface area contributed by atoms with Crippen LogP contribution in [0.3, 0.4) is 0 Å². The smallest absolute Gasteiger partial charge is 0.0323 e. The second kappa shape index (κ2) is 8.00. The summed E-state index contributed by atoms with van der Waals surface area (Å²) < 4.78 is 0. The van der Waals surface area contributed by atoms with E-state index in [0.29, 0.717) is 6.04 Å². The van der Waals surface area contributed by atoms with Crippen LogP contribution >= 0.6 is 24.8 Å². The Morgan fingerprint density at radius 1 is 1.11 bits per heavy atom. The highest BCUT2D eigenvalue weighted by atomic mass is 35.5. The molecule has 0 bridgehead atoms. The van der Waals surface area contributed by atoms with Gasteiger partial charge in [0.2, 0.25) is 0 Å². The number of piperazine rings is 1. The van der Waals surface area contributed by atoms with Crippen LogP contribution in [0.25, 0.3) is 0 Å². The van der Waals surface area contributed by atoms with Crippen molar-refractivity contribution in [2.45, 2.75) is 26.8 Å². The summed E-state index contributed by atoms with van der Waals surface area (Å²) in [5.74, 6) is 0. The van der Waals surface area contributed by atoms with Gasteiger partial charge in [0.1, 0.15) is 0 Å². The number of nitrogens with one attached hydrogen (secondary N) is 1. The Kier molecular flexibility index (Phi) is 7.88. The Morgan fingerprint density at radius 3 is 2.33 bits per heavy atom. The molecule has 1 saturated heterocycles. The molecule has 0 aliphatic carbocycles. The molecule has 2 nitrogen and oxygen atoms in total. The van der Waals surface area contributed by atoms with E-state index in [9.17, 15) is 0 Å². The average Bonchev–Trinajstić information content (AvgIpc) is 2.32. The monoisotopic (exact) mass is 290 g/mol. The predicted molar refractivity (Wildman–Crippen MR) is 83.3 cm³/mol. The topological polar surface area (TPSA) is 15.3 Å². The lowest BCUT2D eigenvalue weighted by Gasteiger charge is -2.33. The molecule has 0 radical (unpaired) electrons. The van der Waals surface area contributed by atoms with Crippen LogP contribution in [0, 0.1) is 13.8 Å². The lowest BCUT2D eigenvalue weighted by molar-refractivity contribution is 0.185. The molecule has 1 aliphatic heterocycles. The first-order chi connectivity index (χ1) is 7.68. The molecule has 1 heterocycles. The maximum atomic E-state index is 3.41. The lowest BCUT2D eigenvalue weighted by atomic mass is 9.98. The van der Waals surface area contributed by atoms with Crippen molar-refractivity contribution < 1.29 is 0 Å². The van der Waals surface area contributed by atoms with Gasteiger partial charge >= 0.3 is 0 Å². The Morgan fingerprint density at radius 2 is 1.72 bits per heavy atom. The van der Waals surface area contributed by atoms with E-state index in [-0.39, 0.29) is 24.8 Å². The van der Waals surface area contributed by atoms with Crippen molar-refractivity contribution >= 4 is 24.8 Å². The van der Waals surface area contributed by atoms with Gasteiger partial charge in [0.05, 0.1) is 0 Å². The highest BCUT2D eigenvalue weighted by Crippen LogP contribution is 2.24. The van der Waals surface area contributed by atoms with Gasteiger partial charge in [-0.3, -0.25) is 4.90 Å². The Balaban J connectivity index is 0.00000144. The molecule has 2 rings (SSSR count). The van der Waals surface area contributed by atoms with Gasteiger partial charge in [-0.25, -0.2) is 0 Å². The quantitative estimate of drug-likeness (QED) is 0.900. The number of halogens is 2. The maximum Gasteiger partial charge on any atom is 0.0323 e. The molecule has 1 aromatic rings. The van der Waals surface area contributed by atoms with E-state index in [1.54, 1.807) is 0 Å². The summed E-state index contributed by atoms with van der Waals surface area (Å²) in [7, 11) is 0. The molecule has 18 heavy (non-hydrogen) atoms. The van der Waals surface area contributed by atoms with E-state index in [0.717, 1.165) is 26.2 Å². The van der Waals surface area contributed by atoms with Crippen molar-refractivity contribution in [3.8, 4) is 0 Å². The molecule has 1 aromatic carbocycles. The van der Waals surface area contributed by atoms with E-state index >= 15 is 0 Å². The normalized spacial score (nSPS) is 17.5. The number of nitrogens with zero attached hydrogens (tertiary/aromatic N) is 1. The summed E-state index contributed by atoms with van der Waals surface area (Å²) in [5.41, 5.74) is 4.26. The van der Waals surface area contributed by atoms with Crippen molar-refractivity contribution in [1.29, 1.82) is 0 Å². The molecule has 0 aromatic heterocycles. The largest absolute Gasteiger partial charge is 0.314 e. The van der Waals surface area contributed by atoms with Gasteiger partial charge < -0.3 is 5.32 Å². The molecule has 0 saturated carbocycles. The van der Waals surface area contributed by atoms with Crippen molar-refractivity contribution in [2.75, 3.05) is 26.2 Å². The van der Waals surface area contributed by atoms with Gasteiger partial charge in [0.15, 0.2) is 0 Å². The van der Waals surface area contributed by atoms with Gasteiger partial charge in [-0.15, -0.1) is 24.8 Å². The summed E-state index contributed by atoms with van der Waals surface area (Å²) in [6.07, 6.45) is 0. The van der Waals surface area contributed by atoms with Crippen LogP contribution in [-0.2, 0) is 0 Å². The van der Waals surface area contributed by atoms with Gasteiger partial charge in [0.25, 0.3) is 0 Å². The number of hydrogen-bond donors (Lipinski definition) is 1. The molecule has 0 spiro atoms. The fraction of sp³-hybridized carbons (Fsp3) is 0.571. The van der Waals surface area contributed by atoms with E-state index in [1.165, 1.54) is 16.7 Å². The zero-order valence-electron chi connectivity index (χ0n) is 11.4. The minimum absolute atomic E-state index is 0. The molecule has 1 N–H and O–H groups in total. The van der Waals surface area contributed by atoms with Crippen molar-refractivity contribution in [1.82, 2.24) is 10.2 Å². The summed E-state index contributed by atoms with van der Waals surface area (Å²) >= 11 is 0. The van der Waals surface area contributed by atoms with E-state index in [4.69, 9.17) is 0 Å². The minimum atomic E-state index is 0. The highest BCUT2D eigenvalue weighted by molar-refractivity contribution is 5.85. The van der Waals surface area contributed by atoms with Crippen LogP contribution in [0.2, 0.25) is 0 Å². The average molecular weight is 291 g/mol. The molecule has 1 atom stereocenters. The first-order valence-electron chi connectivity index (χ1n) is 6.20. The van der Waals surface area contributed by atoms with Crippen LogP contribution in [0.4, 0.5) is 0 Å².